The van der Waals surface area contributed by atoms with E-state index < -0.39 is 0 Å². The molecule has 2 rings (SSSR count). The van der Waals surface area contributed by atoms with Gasteiger partial charge in [-0.15, -0.1) is 0 Å². The van der Waals surface area contributed by atoms with E-state index in [1.54, 1.807) is 0 Å². The fourth-order valence-corrected chi connectivity index (χ4v) is 2.46. The van der Waals surface area contributed by atoms with E-state index in [0.29, 0.717) is 6.04 Å². The van der Waals surface area contributed by atoms with Crippen molar-refractivity contribution in [2.45, 2.75) is 12.6 Å². The van der Waals surface area contributed by atoms with Crippen LogP contribution in [0.4, 0.5) is 4.39 Å². The summed E-state index contributed by atoms with van der Waals surface area (Å²) in [6.45, 7) is 3.35. The second kappa shape index (κ2) is 5.75. The molecule has 2 nitrogen and oxygen atoms in total. The molecule has 16 heavy (non-hydrogen) atoms. The van der Waals surface area contributed by atoms with Crippen LogP contribution in [0, 0.1) is 5.82 Å². The van der Waals surface area contributed by atoms with Gasteiger partial charge in [0.1, 0.15) is 5.82 Å². The largest absolute Gasteiger partial charge is 0.378 e. The van der Waals surface area contributed by atoms with E-state index >= 15 is 0 Å². The molecule has 0 aromatic heterocycles. The van der Waals surface area contributed by atoms with E-state index in [1.807, 2.05) is 12.1 Å². The summed E-state index contributed by atoms with van der Waals surface area (Å²) in [4.78, 5) is 2.37. The van der Waals surface area contributed by atoms with Crippen LogP contribution in [0.2, 0.25) is 0 Å². The number of hydrogen-bond donors (Lipinski definition) is 0. The molecule has 0 saturated carbocycles. The van der Waals surface area contributed by atoms with Crippen LogP contribution in [0.25, 0.3) is 0 Å². The third-order valence-electron chi connectivity index (χ3n) is 2.83. The summed E-state index contributed by atoms with van der Waals surface area (Å²) >= 11 is 3.49. The van der Waals surface area contributed by atoms with Gasteiger partial charge in [0.2, 0.25) is 0 Å². The Balaban J connectivity index is 1.99. The fraction of sp³-hybridized carbons (Fsp3) is 0.500. The van der Waals surface area contributed by atoms with E-state index in [9.17, 15) is 4.39 Å². The maximum Gasteiger partial charge on any atom is 0.123 e. The molecule has 0 spiro atoms. The Morgan fingerprint density at radius 1 is 1.38 bits per heavy atom. The van der Waals surface area contributed by atoms with E-state index in [2.05, 4.69) is 20.8 Å². The Morgan fingerprint density at radius 3 is 2.81 bits per heavy atom. The Hall–Kier alpha value is -0.450. The van der Waals surface area contributed by atoms with Crippen LogP contribution in [0.5, 0.6) is 0 Å². The van der Waals surface area contributed by atoms with Crippen molar-refractivity contribution in [1.29, 1.82) is 0 Å². The van der Waals surface area contributed by atoms with E-state index in [-0.39, 0.29) is 5.82 Å². The van der Waals surface area contributed by atoms with Crippen molar-refractivity contribution < 1.29 is 9.13 Å². The van der Waals surface area contributed by atoms with Gasteiger partial charge in [-0.1, -0.05) is 28.1 Å². The summed E-state index contributed by atoms with van der Waals surface area (Å²) in [5, 5.41) is 0.911. The number of rotatable bonds is 3. The van der Waals surface area contributed by atoms with Gasteiger partial charge in [0.25, 0.3) is 0 Å². The molecule has 0 amide bonds. The van der Waals surface area contributed by atoms with Gasteiger partial charge in [-0.05, 0) is 17.7 Å². The first-order valence-corrected chi connectivity index (χ1v) is 6.54. The van der Waals surface area contributed by atoms with Gasteiger partial charge in [0, 0.05) is 24.5 Å². The molecular weight excluding hydrogens is 273 g/mol. The quantitative estimate of drug-likeness (QED) is 0.792. The Labute approximate surface area is 104 Å². The minimum atomic E-state index is -0.178. The standard InChI is InChI=1S/C12H15BrFNO/c13-7-12-9-16-6-5-15(12)8-10-1-3-11(14)4-2-10/h1-4,12H,5-9H2. The second-order valence-electron chi connectivity index (χ2n) is 3.98. The summed E-state index contributed by atoms with van der Waals surface area (Å²) in [5.74, 6) is -0.178. The SMILES string of the molecule is Fc1ccc(CN2CCOCC2CBr)cc1. The van der Waals surface area contributed by atoms with E-state index in [0.717, 1.165) is 37.2 Å². The van der Waals surface area contributed by atoms with Crippen molar-refractivity contribution in [2.75, 3.05) is 25.1 Å². The van der Waals surface area contributed by atoms with Gasteiger partial charge < -0.3 is 4.74 Å². The van der Waals surface area contributed by atoms with Crippen LogP contribution in [0.3, 0.4) is 0 Å². The first kappa shape index (κ1) is 12.0. The third-order valence-corrected chi connectivity index (χ3v) is 3.57. The number of alkyl halides is 1. The highest BCUT2D eigenvalue weighted by Crippen LogP contribution is 2.14. The van der Waals surface area contributed by atoms with Gasteiger partial charge >= 0.3 is 0 Å². The average molecular weight is 288 g/mol. The summed E-state index contributed by atoms with van der Waals surface area (Å²) < 4.78 is 18.2. The molecule has 0 bridgehead atoms. The Kier molecular flexibility index (Phi) is 4.32. The van der Waals surface area contributed by atoms with Crippen LogP contribution in [0.15, 0.2) is 24.3 Å². The lowest BCUT2D eigenvalue weighted by molar-refractivity contribution is -0.00213. The first-order chi connectivity index (χ1) is 7.79. The number of morpholine rings is 1. The van der Waals surface area contributed by atoms with E-state index in [1.165, 1.54) is 12.1 Å². The Morgan fingerprint density at radius 2 is 2.12 bits per heavy atom. The molecule has 1 aliphatic heterocycles. The lowest BCUT2D eigenvalue weighted by Gasteiger charge is -2.34. The molecular formula is C12H15BrFNO. The second-order valence-corrected chi connectivity index (χ2v) is 4.63. The van der Waals surface area contributed by atoms with Gasteiger partial charge in [-0.3, -0.25) is 4.90 Å². The average Bonchev–Trinajstić information content (AvgIpc) is 2.33. The molecule has 1 saturated heterocycles. The maximum atomic E-state index is 12.8. The van der Waals surface area contributed by atoms with Gasteiger partial charge in [-0.2, -0.15) is 0 Å². The molecule has 1 aliphatic rings. The van der Waals surface area contributed by atoms with E-state index in [4.69, 9.17) is 4.74 Å². The highest BCUT2D eigenvalue weighted by molar-refractivity contribution is 9.09. The molecule has 0 N–H and O–H groups in total. The van der Waals surface area contributed by atoms with Gasteiger partial charge in [0.15, 0.2) is 0 Å². The zero-order valence-electron chi connectivity index (χ0n) is 9.03. The number of ether oxygens (including phenoxy) is 1. The molecule has 1 unspecified atom stereocenters. The predicted octanol–water partition coefficient (Wildman–Crippen LogP) is 2.42. The highest BCUT2D eigenvalue weighted by Gasteiger charge is 2.21. The van der Waals surface area contributed by atoms with Crippen molar-refractivity contribution in [3.05, 3.63) is 35.6 Å². The molecule has 0 aliphatic carbocycles. The molecule has 0 radical (unpaired) electrons. The van der Waals surface area contributed by atoms with Crippen LogP contribution < -0.4 is 0 Å². The molecule has 4 heteroatoms. The number of nitrogens with zero attached hydrogens (tertiary/aromatic N) is 1. The first-order valence-electron chi connectivity index (χ1n) is 5.42. The highest BCUT2D eigenvalue weighted by atomic mass is 79.9. The number of hydrogen-bond acceptors (Lipinski definition) is 2. The molecule has 88 valence electrons. The minimum Gasteiger partial charge on any atom is -0.378 e. The molecule has 1 atom stereocenters. The van der Waals surface area contributed by atoms with Crippen LogP contribution in [-0.4, -0.2) is 36.0 Å². The Bertz CT molecular complexity index is 330. The van der Waals surface area contributed by atoms with Crippen molar-refractivity contribution in [3.8, 4) is 0 Å². The summed E-state index contributed by atoms with van der Waals surface area (Å²) in [6, 6.07) is 7.13. The monoisotopic (exact) mass is 287 g/mol. The summed E-state index contributed by atoms with van der Waals surface area (Å²) in [6.07, 6.45) is 0. The zero-order chi connectivity index (χ0) is 11.4. The number of halogens is 2. The van der Waals surface area contributed by atoms with Crippen molar-refractivity contribution in [3.63, 3.8) is 0 Å². The van der Waals surface area contributed by atoms with Gasteiger partial charge in [-0.25, -0.2) is 4.39 Å². The normalized spacial score (nSPS) is 22.2. The molecule has 1 heterocycles. The van der Waals surface area contributed by atoms with Crippen molar-refractivity contribution in [2.24, 2.45) is 0 Å². The van der Waals surface area contributed by atoms with Gasteiger partial charge in [0.05, 0.1) is 13.2 Å². The van der Waals surface area contributed by atoms with Crippen LogP contribution in [0.1, 0.15) is 5.56 Å². The van der Waals surface area contributed by atoms with Crippen molar-refractivity contribution in [1.82, 2.24) is 4.90 Å². The third kappa shape index (κ3) is 3.03. The smallest absolute Gasteiger partial charge is 0.123 e. The van der Waals surface area contributed by atoms with Crippen LogP contribution in [-0.2, 0) is 11.3 Å². The molecule has 1 aromatic rings. The fourth-order valence-electron chi connectivity index (χ4n) is 1.86. The summed E-state index contributed by atoms with van der Waals surface area (Å²) in [5.41, 5.74) is 1.15. The predicted molar refractivity (Wildman–Crippen MR) is 65.2 cm³/mol. The minimum absolute atomic E-state index is 0.178. The molecule has 1 fully saturated rings. The van der Waals surface area contributed by atoms with Crippen molar-refractivity contribution >= 4 is 15.9 Å². The number of benzene rings is 1. The van der Waals surface area contributed by atoms with Crippen LogP contribution >= 0.6 is 15.9 Å². The molecule has 1 aromatic carbocycles. The zero-order valence-corrected chi connectivity index (χ0v) is 10.6. The lowest BCUT2D eigenvalue weighted by Crippen LogP contribution is -2.45. The summed E-state index contributed by atoms with van der Waals surface area (Å²) in [7, 11) is 0. The topological polar surface area (TPSA) is 12.5 Å². The lowest BCUT2D eigenvalue weighted by atomic mass is 10.1. The maximum absolute atomic E-state index is 12.8.